The van der Waals surface area contributed by atoms with Crippen molar-refractivity contribution in [1.82, 2.24) is 10.2 Å². The summed E-state index contributed by atoms with van der Waals surface area (Å²) in [5.74, 6) is -2.79. The molecule has 1 heterocycles. The Kier molecular flexibility index (Phi) is 5.65. The summed E-state index contributed by atoms with van der Waals surface area (Å²) in [7, 11) is -4.54. The van der Waals surface area contributed by atoms with Crippen LogP contribution in [0.2, 0.25) is 0 Å². The number of carbonyl (C=O) groups excluding carboxylic acids is 2. The number of Topliss-reactive ketones (excluding diaryl/α,β-unsaturated/α-hetero) is 1. The second kappa shape index (κ2) is 7.40. The van der Waals surface area contributed by atoms with E-state index in [0.717, 1.165) is 0 Å². The van der Waals surface area contributed by atoms with Crippen molar-refractivity contribution >= 4 is 27.6 Å². The monoisotopic (exact) mass is 386 g/mol. The maximum Gasteiger partial charge on any atom is 0.407 e. The molecule has 1 aliphatic heterocycles. The van der Waals surface area contributed by atoms with Crippen LogP contribution in [0, 0.1) is 0 Å². The molecular weight excluding hydrogens is 367 g/mol. The highest BCUT2D eigenvalue weighted by molar-refractivity contribution is 7.93. The lowest BCUT2D eigenvalue weighted by Crippen LogP contribution is -2.64. The van der Waals surface area contributed by atoms with Gasteiger partial charge in [-0.25, -0.2) is 17.6 Å². The molecule has 8 nitrogen and oxygen atoms in total. The van der Waals surface area contributed by atoms with Gasteiger partial charge in [0.25, 0.3) is 5.91 Å². The van der Waals surface area contributed by atoms with E-state index in [0.29, 0.717) is 10.5 Å². The lowest BCUT2D eigenvalue weighted by Gasteiger charge is -2.38. The van der Waals surface area contributed by atoms with Crippen LogP contribution in [0.5, 0.6) is 0 Å². The molecule has 2 N–H and O–H groups in total. The molecule has 10 heteroatoms. The summed E-state index contributed by atoms with van der Waals surface area (Å²) in [4.78, 5) is 35.7. The first-order valence-corrected chi connectivity index (χ1v) is 9.47. The van der Waals surface area contributed by atoms with Gasteiger partial charge in [-0.15, -0.1) is 0 Å². The van der Waals surface area contributed by atoms with Crippen molar-refractivity contribution in [2.45, 2.75) is 24.4 Å². The first-order chi connectivity index (χ1) is 12.1. The molecule has 1 fully saturated rings. The molecule has 26 heavy (non-hydrogen) atoms. The topological polar surface area (TPSA) is 121 Å². The van der Waals surface area contributed by atoms with E-state index < -0.39 is 57.5 Å². The first kappa shape index (κ1) is 19.8. The van der Waals surface area contributed by atoms with Crippen LogP contribution in [0.25, 0.3) is 0 Å². The summed E-state index contributed by atoms with van der Waals surface area (Å²) in [6.07, 6.45) is -1.53. The molecular formula is C16H19FN2O6S. The second-order valence-corrected chi connectivity index (χ2v) is 8.36. The minimum atomic E-state index is -4.54. The van der Waals surface area contributed by atoms with Crippen LogP contribution in [-0.4, -0.2) is 66.1 Å². The van der Waals surface area contributed by atoms with Gasteiger partial charge in [0.15, 0.2) is 15.6 Å². The molecule has 1 aromatic carbocycles. The van der Waals surface area contributed by atoms with E-state index in [-0.39, 0.29) is 6.42 Å². The zero-order valence-electron chi connectivity index (χ0n) is 14.0. The molecule has 1 saturated heterocycles. The van der Waals surface area contributed by atoms with E-state index in [1.807, 2.05) is 5.32 Å². The van der Waals surface area contributed by atoms with E-state index in [2.05, 4.69) is 0 Å². The number of hydrogen-bond acceptors (Lipinski definition) is 5. The summed E-state index contributed by atoms with van der Waals surface area (Å²) < 4.78 is 39.2. The van der Waals surface area contributed by atoms with Crippen LogP contribution in [0.3, 0.4) is 0 Å². The van der Waals surface area contributed by atoms with Crippen molar-refractivity contribution in [3.05, 3.63) is 35.9 Å². The standard InChI is InChI=1S/C16H19FN2O6S/c1-11-9-26(24,25)16(17,10-19(11)15(22)23)14(21)18-8-13(20)7-12-5-3-2-4-6-12/h2-6,11H,7-10H2,1H3,(H,18,21)(H,22,23)/t11-,16?/m0/s1. The number of carboxylic acid groups (broad SMARTS) is 1. The Hall–Kier alpha value is -2.49. The van der Waals surface area contributed by atoms with Crippen LogP contribution < -0.4 is 5.32 Å². The predicted octanol–water partition coefficient (Wildman–Crippen LogP) is 0.377. The molecule has 0 bridgehead atoms. The van der Waals surface area contributed by atoms with Crippen LogP contribution >= 0.6 is 0 Å². The Bertz CT molecular complexity index is 813. The van der Waals surface area contributed by atoms with Crippen molar-refractivity contribution in [3.63, 3.8) is 0 Å². The van der Waals surface area contributed by atoms with Gasteiger partial charge < -0.3 is 10.4 Å². The number of amides is 2. The van der Waals surface area contributed by atoms with Gasteiger partial charge in [-0.3, -0.25) is 14.5 Å². The molecule has 0 saturated carbocycles. The number of carbonyl (C=O) groups is 3. The average Bonchev–Trinajstić information content (AvgIpc) is 2.56. The number of hydrogen-bond donors (Lipinski definition) is 2. The number of sulfone groups is 1. The molecule has 0 aliphatic carbocycles. The fraction of sp³-hybridized carbons (Fsp3) is 0.438. The first-order valence-electron chi connectivity index (χ1n) is 7.81. The lowest BCUT2D eigenvalue weighted by atomic mass is 10.1. The van der Waals surface area contributed by atoms with Crippen molar-refractivity contribution in [2.24, 2.45) is 0 Å². The highest BCUT2D eigenvalue weighted by Gasteiger charge is 2.57. The third kappa shape index (κ3) is 4.01. The van der Waals surface area contributed by atoms with Crippen LogP contribution in [0.4, 0.5) is 9.18 Å². The Morgan fingerprint density at radius 1 is 1.31 bits per heavy atom. The molecule has 0 spiro atoms. The normalized spacial score (nSPS) is 24.7. The molecule has 0 aromatic heterocycles. The van der Waals surface area contributed by atoms with Crippen LogP contribution in [0.1, 0.15) is 12.5 Å². The van der Waals surface area contributed by atoms with Gasteiger partial charge in [-0.2, -0.15) is 0 Å². The molecule has 142 valence electrons. The van der Waals surface area contributed by atoms with E-state index in [1.54, 1.807) is 30.3 Å². The molecule has 2 rings (SSSR count). The maximum absolute atomic E-state index is 15.0. The Labute approximate surface area is 149 Å². The number of benzene rings is 1. The number of nitrogens with zero attached hydrogens (tertiary/aromatic N) is 1. The summed E-state index contributed by atoms with van der Waals surface area (Å²) in [6, 6.07) is 7.66. The van der Waals surface area contributed by atoms with Gasteiger partial charge in [0.2, 0.25) is 0 Å². The third-order valence-electron chi connectivity index (χ3n) is 4.13. The second-order valence-electron chi connectivity index (χ2n) is 6.15. The van der Waals surface area contributed by atoms with E-state index in [4.69, 9.17) is 5.11 Å². The molecule has 2 atom stereocenters. The molecule has 2 amide bonds. The van der Waals surface area contributed by atoms with Crippen LogP contribution in [-0.2, 0) is 25.8 Å². The minimum absolute atomic E-state index is 0.00849. The highest BCUT2D eigenvalue weighted by Crippen LogP contribution is 2.30. The number of halogens is 1. The quantitative estimate of drug-likeness (QED) is 0.755. The molecule has 1 aromatic rings. The lowest BCUT2D eigenvalue weighted by molar-refractivity contribution is -0.131. The zero-order valence-corrected chi connectivity index (χ0v) is 14.8. The predicted molar refractivity (Wildman–Crippen MR) is 90.0 cm³/mol. The van der Waals surface area contributed by atoms with Crippen molar-refractivity contribution in [3.8, 4) is 0 Å². The molecule has 1 aliphatic rings. The number of rotatable bonds is 5. The van der Waals surface area contributed by atoms with Gasteiger partial charge in [0.05, 0.1) is 18.8 Å². The fourth-order valence-corrected chi connectivity index (χ4v) is 4.45. The Morgan fingerprint density at radius 3 is 2.50 bits per heavy atom. The van der Waals surface area contributed by atoms with Crippen molar-refractivity contribution in [2.75, 3.05) is 18.8 Å². The van der Waals surface area contributed by atoms with Crippen molar-refractivity contribution < 1.29 is 32.3 Å². The SMILES string of the molecule is C[C@H]1CS(=O)(=O)C(F)(C(=O)NCC(=O)Cc2ccccc2)CN1C(=O)O. The summed E-state index contributed by atoms with van der Waals surface area (Å²) in [5.41, 5.74) is 0.692. The highest BCUT2D eigenvalue weighted by atomic mass is 32.2. The largest absolute Gasteiger partial charge is 0.465 e. The van der Waals surface area contributed by atoms with Gasteiger partial charge in [0.1, 0.15) is 0 Å². The van der Waals surface area contributed by atoms with Gasteiger partial charge >= 0.3 is 11.1 Å². The summed E-state index contributed by atoms with van der Waals surface area (Å²) in [5, 5.41) is 7.61. The number of nitrogens with one attached hydrogen (secondary N) is 1. The Morgan fingerprint density at radius 2 is 1.92 bits per heavy atom. The number of ketones is 1. The van der Waals surface area contributed by atoms with Gasteiger partial charge in [-0.05, 0) is 12.5 Å². The molecule has 1 unspecified atom stereocenters. The number of alkyl halides is 1. The van der Waals surface area contributed by atoms with Gasteiger partial charge in [0, 0.05) is 12.5 Å². The summed E-state index contributed by atoms with van der Waals surface area (Å²) in [6.45, 7) is -0.380. The van der Waals surface area contributed by atoms with E-state index in [9.17, 15) is 27.2 Å². The molecule has 0 radical (unpaired) electrons. The fourth-order valence-electron chi connectivity index (χ4n) is 2.68. The average molecular weight is 386 g/mol. The minimum Gasteiger partial charge on any atom is -0.465 e. The third-order valence-corrected chi connectivity index (χ3v) is 6.36. The zero-order chi connectivity index (χ0) is 19.5. The summed E-state index contributed by atoms with van der Waals surface area (Å²) >= 11 is 0. The Balaban J connectivity index is 2.06. The van der Waals surface area contributed by atoms with Crippen molar-refractivity contribution in [1.29, 1.82) is 0 Å². The maximum atomic E-state index is 15.0. The van der Waals surface area contributed by atoms with E-state index in [1.165, 1.54) is 6.92 Å². The van der Waals surface area contributed by atoms with Gasteiger partial charge in [-0.1, -0.05) is 30.3 Å². The van der Waals surface area contributed by atoms with Crippen LogP contribution in [0.15, 0.2) is 30.3 Å². The van der Waals surface area contributed by atoms with E-state index >= 15 is 0 Å². The smallest absolute Gasteiger partial charge is 0.407 e.